The van der Waals surface area contributed by atoms with Gasteiger partial charge in [-0.2, -0.15) is 13.2 Å². The summed E-state index contributed by atoms with van der Waals surface area (Å²) in [6, 6.07) is 0. The number of halogens is 3. The summed E-state index contributed by atoms with van der Waals surface area (Å²) in [6.07, 6.45) is -5.94. The highest BCUT2D eigenvalue weighted by Gasteiger charge is 2.34. The van der Waals surface area contributed by atoms with Crippen LogP contribution >= 0.6 is 0 Å². The molecule has 0 saturated carbocycles. The minimum absolute atomic E-state index is 0.0449. The third-order valence-corrected chi connectivity index (χ3v) is 1.49. The van der Waals surface area contributed by atoms with Gasteiger partial charge in [0.2, 0.25) is 0 Å². The van der Waals surface area contributed by atoms with Crippen LogP contribution in [0.25, 0.3) is 0 Å². The number of carboxylic acid groups (broad SMARTS) is 1. The standard InChI is InChI=1S/C9H14F3NO4/c1-6(2)4-17-8(16)13(3-7(14)15)5-9(10,11)12/h6H,3-5H2,1-2H3,(H,14,15). The first-order valence-electron chi connectivity index (χ1n) is 4.82. The van der Waals surface area contributed by atoms with Crippen LogP contribution < -0.4 is 0 Å². The van der Waals surface area contributed by atoms with Crippen LogP contribution in [0, 0.1) is 5.92 Å². The van der Waals surface area contributed by atoms with Crippen molar-refractivity contribution in [2.45, 2.75) is 20.0 Å². The van der Waals surface area contributed by atoms with Crippen molar-refractivity contribution >= 4 is 12.1 Å². The van der Waals surface area contributed by atoms with Crippen molar-refractivity contribution in [2.75, 3.05) is 19.7 Å². The van der Waals surface area contributed by atoms with Gasteiger partial charge >= 0.3 is 18.2 Å². The van der Waals surface area contributed by atoms with Crippen LogP contribution in [0.15, 0.2) is 0 Å². The van der Waals surface area contributed by atoms with Crippen molar-refractivity contribution < 1.29 is 32.6 Å². The lowest BCUT2D eigenvalue weighted by Crippen LogP contribution is -2.42. The molecule has 0 atom stereocenters. The van der Waals surface area contributed by atoms with Crippen LogP contribution in [0.3, 0.4) is 0 Å². The third kappa shape index (κ3) is 8.35. The Morgan fingerprint density at radius 1 is 1.35 bits per heavy atom. The minimum atomic E-state index is -4.66. The molecule has 0 rings (SSSR count). The van der Waals surface area contributed by atoms with Gasteiger partial charge in [-0.1, -0.05) is 13.8 Å². The number of alkyl halides is 3. The Morgan fingerprint density at radius 3 is 2.24 bits per heavy atom. The lowest BCUT2D eigenvalue weighted by atomic mass is 10.2. The monoisotopic (exact) mass is 257 g/mol. The molecular weight excluding hydrogens is 243 g/mol. The maximum Gasteiger partial charge on any atom is 0.410 e. The van der Waals surface area contributed by atoms with E-state index in [4.69, 9.17) is 5.11 Å². The van der Waals surface area contributed by atoms with Crippen molar-refractivity contribution in [3.63, 3.8) is 0 Å². The predicted octanol–water partition coefficient (Wildman–Crippen LogP) is 1.73. The number of aliphatic carboxylic acids is 1. The van der Waals surface area contributed by atoms with E-state index in [9.17, 15) is 22.8 Å². The molecule has 5 nitrogen and oxygen atoms in total. The molecule has 0 aliphatic heterocycles. The van der Waals surface area contributed by atoms with Crippen molar-refractivity contribution in [1.29, 1.82) is 0 Å². The lowest BCUT2D eigenvalue weighted by Gasteiger charge is -2.21. The lowest BCUT2D eigenvalue weighted by molar-refractivity contribution is -0.151. The normalized spacial score (nSPS) is 11.4. The molecule has 0 aromatic rings. The largest absolute Gasteiger partial charge is 0.480 e. The van der Waals surface area contributed by atoms with E-state index in [1.807, 2.05) is 0 Å². The highest BCUT2D eigenvalue weighted by atomic mass is 19.4. The molecule has 1 N–H and O–H groups in total. The number of ether oxygens (including phenoxy) is 1. The molecule has 0 saturated heterocycles. The predicted molar refractivity (Wildman–Crippen MR) is 51.4 cm³/mol. The minimum Gasteiger partial charge on any atom is -0.480 e. The Kier molecular flexibility index (Phi) is 5.77. The van der Waals surface area contributed by atoms with E-state index in [0.717, 1.165) is 0 Å². The zero-order valence-electron chi connectivity index (χ0n) is 9.45. The molecule has 0 spiro atoms. The molecule has 0 aromatic heterocycles. The maximum absolute atomic E-state index is 12.1. The highest BCUT2D eigenvalue weighted by molar-refractivity contribution is 5.76. The Balaban J connectivity index is 4.45. The molecule has 0 fully saturated rings. The van der Waals surface area contributed by atoms with Gasteiger partial charge in [0.1, 0.15) is 13.1 Å². The summed E-state index contributed by atoms with van der Waals surface area (Å²) >= 11 is 0. The Hall–Kier alpha value is -1.47. The Labute approximate surface area is 96.1 Å². The second kappa shape index (κ2) is 6.31. The van der Waals surface area contributed by atoms with Crippen molar-refractivity contribution in [3.05, 3.63) is 0 Å². The van der Waals surface area contributed by atoms with Gasteiger partial charge in [-0.25, -0.2) is 4.79 Å². The van der Waals surface area contributed by atoms with Crippen LogP contribution in [0.2, 0.25) is 0 Å². The van der Waals surface area contributed by atoms with Crippen LogP contribution in [-0.4, -0.2) is 47.9 Å². The topological polar surface area (TPSA) is 66.8 Å². The number of carbonyl (C=O) groups excluding carboxylic acids is 1. The van der Waals surface area contributed by atoms with Gasteiger partial charge in [0, 0.05) is 0 Å². The van der Waals surface area contributed by atoms with E-state index in [0.29, 0.717) is 0 Å². The summed E-state index contributed by atoms with van der Waals surface area (Å²) in [5.74, 6) is -1.58. The second-order valence-corrected chi connectivity index (χ2v) is 3.84. The molecule has 0 radical (unpaired) electrons. The van der Waals surface area contributed by atoms with Gasteiger partial charge in [0.25, 0.3) is 0 Å². The van der Waals surface area contributed by atoms with Crippen LogP contribution in [0.1, 0.15) is 13.8 Å². The van der Waals surface area contributed by atoms with Gasteiger partial charge in [0.05, 0.1) is 6.61 Å². The summed E-state index contributed by atoms with van der Waals surface area (Å²) in [7, 11) is 0. The van der Waals surface area contributed by atoms with Gasteiger partial charge in [-0.05, 0) is 5.92 Å². The summed E-state index contributed by atoms with van der Waals surface area (Å²) in [4.78, 5) is 21.6. The summed E-state index contributed by atoms with van der Waals surface area (Å²) < 4.78 is 40.8. The first-order valence-corrected chi connectivity index (χ1v) is 4.82. The molecule has 100 valence electrons. The fraction of sp³-hybridized carbons (Fsp3) is 0.778. The summed E-state index contributed by atoms with van der Waals surface area (Å²) in [6.45, 7) is 0.663. The fourth-order valence-electron chi connectivity index (χ4n) is 0.894. The molecule has 1 amide bonds. The van der Waals surface area contributed by atoms with E-state index in [2.05, 4.69) is 4.74 Å². The van der Waals surface area contributed by atoms with E-state index in [-0.39, 0.29) is 17.4 Å². The Bertz CT molecular complexity index is 278. The number of hydrogen-bond acceptors (Lipinski definition) is 3. The zero-order chi connectivity index (χ0) is 13.6. The number of carbonyl (C=O) groups is 2. The van der Waals surface area contributed by atoms with Crippen molar-refractivity contribution in [2.24, 2.45) is 5.92 Å². The molecule has 0 unspecified atom stereocenters. The molecule has 0 bridgehead atoms. The number of amides is 1. The fourth-order valence-corrected chi connectivity index (χ4v) is 0.894. The second-order valence-electron chi connectivity index (χ2n) is 3.84. The first kappa shape index (κ1) is 15.5. The number of rotatable bonds is 5. The molecule has 0 aliphatic rings. The van der Waals surface area contributed by atoms with Gasteiger partial charge < -0.3 is 9.84 Å². The van der Waals surface area contributed by atoms with E-state index < -0.39 is 31.3 Å². The molecule has 0 aromatic carbocycles. The molecule has 0 heterocycles. The average Bonchev–Trinajstić information content (AvgIpc) is 2.09. The Morgan fingerprint density at radius 2 is 1.88 bits per heavy atom. The number of carboxylic acids is 1. The zero-order valence-corrected chi connectivity index (χ0v) is 9.45. The van der Waals surface area contributed by atoms with Crippen LogP contribution in [0.5, 0.6) is 0 Å². The quantitative estimate of drug-likeness (QED) is 0.814. The van der Waals surface area contributed by atoms with Gasteiger partial charge in [0.15, 0.2) is 0 Å². The van der Waals surface area contributed by atoms with Gasteiger partial charge in [-0.15, -0.1) is 0 Å². The van der Waals surface area contributed by atoms with Crippen molar-refractivity contribution in [1.82, 2.24) is 4.90 Å². The average molecular weight is 257 g/mol. The smallest absolute Gasteiger partial charge is 0.410 e. The van der Waals surface area contributed by atoms with Gasteiger partial charge in [-0.3, -0.25) is 9.69 Å². The summed E-state index contributed by atoms with van der Waals surface area (Å²) in [5, 5.41) is 8.39. The molecule has 17 heavy (non-hydrogen) atoms. The molecular formula is C9H14F3NO4. The highest BCUT2D eigenvalue weighted by Crippen LogP contribution is 2.17. The third-order valence-electron chi connectivity index (χ3n) is 1.49. The number of nitrogens with zero attached hydrogens (tertiary/aromatic N) is 1. The van der Waals surface area contributed by atoms with Crippen molar-refractivity contribution in [3.8, 4) is 0 Å². The molecule has 8 heteroatoms. The number of hydrogen-bond donors (Lipinski definition) is 1. The van der Waals surface area contributed by atoms with Crippen LogP contribution in [-0.2, 0) is 9.53 Å². The molecule has 0 aliphatic carbocycles. The maximum atomic E-state index is 12.1. The SMILES string of the molecule is CC(C)COC(=O)N(CC(=O)O)CC(F)(F)F. The summed E-state index contributed by atoms with van der Waals surface area (Å²) in [5.41, 5.74) is 0. The van der Waals surface area contributed by atoms with Crippen LogP contribution in [0.4, 0.5) is 18.0 Å². The first-order chi connectivity index (χ1) is 7.61. The van der Waals surface area contributed by atoms with E-state index >= 15 is 0 Å². The van der Waals surface area contributed by atoms with E-state index in [1.165, 1.54) is 0 Å². The van der Waals surface area contributed by atoms with E-state index in [1.54, 1.807) is 13.8 Å².